The summed E-state index contributed by atoms with van der Waals surface area (Å²) in [6.07, 6.45) is 9.11. The Balaban J connectivity index is 1.58. The number of carbonyl (C=O) groups excluding carboxylic acids is 2. The van der Waals surface area contributed by atoms with Crippen molar-refractivity contribution >= 4 is 17.6 Å². The van der Waals surface area contributed by atoms with Crippen molar-refractivity contribution in [2.45, 2.75) is 39.0 Å². The Hall–Kier alpha value is -2.83. The topological polar surface area (TPSA) is 77.6 Å². The minimum Gasteiger partial charge on any atom is -0.375 e. The predicted octanol–water partition coefficient (Wildman–Crippen LogP) is 1.97. The van der Waals surface area contributed by atoms with E-state index >= 15 is 0 Å². The van der Waals surface area contributed by atoms with Crippen LogP contribution in [0.15, 0.2) is 35.3 Å². The van der Waals surface area contributed by atoms with Crippen LogP contribution in [0.3, 0.4) is 0 Å². The number of pyridine rings is 1. The maximum atomic E-state index is 12.8. The molecule has 0 aliphatic carbocycles. The second-order valence-electron chi connectivity index (χ2n) is 7.94. The van der Waals surface area contributed by atoms with Crippen LogP contribution in [-0.2, 0) is 11.2 Å². The highest BCUT2D eigenvalue weighted by molar-refractivity contribution is 5.95. The van der Waals surface area contributed by atoms with Gasteiger partial charge in [0, 0.05) is 38.6 Å². The number of hydrogen-bond donors (Lipinski definition) is 2. The minimum absolute atomic E-state index is 0.101. The fourth-order valence-corrected chi connectivity index (χ4v) is 4.39. The van der Waals surface area contributed by atoms with Crippen LogP contribution in [-0.4, -0.2) is 54.9 Å². The third-order valence-electron chi connectivity index (χ3n) is 5.94. The molecule has 0 atom stereocenters. The predicted molar refractivity (Wildman–Crippen MR) is 113 cm³/mol. The van der Waals surface area contributed by atoms with Gasteiger partial charge in [-0.1, -0.05) is 0 Å². The zero-order valence-corrected chi connectivity index (χ0v) is 17.3. The number of piperidine rings is 1. The Bertz CT molecular complexity index is 883. The number of aryl methyl sites for hydroxylation is 1. The lowest BCUT2D eigenvalue weighted by Crippen LogP contribution is -2.40. The molecule has 3 aliphatic rings. The third kappa shape index (κ3) is 3.86. The van der Waals surface area contributed by atoms with Gasteiger partial charge in [-0.05, 0) is 62.3 Å². The number of anilines is 1. The molecular formula is C22H29N5O2. The van der Waals surface area contributed by atoms with Gasteiger partial charge in [0.2, 0.25) is 0 Å². The minimum atomic E-state index is -0.101. The van der Waals surface area contributed by atoms with Crippen LogP contribution in [0.1, 0.15) is 48.5 Å². The molecule has 0 aromatic carbocycles. The van der Waals surface area contributed by atoms with Gasteiger partial charge in [0.1, 0.15) is 11.5 Å². The summed E-state index contributed by atoms with van der Waals surface area (Å²) in [6, 6.07) is 2.03. The van der Waals surface area contributed by atoms with E-state index in [9.17, 15) is 9.59 Å². The molecule has 1 aromatic heterocycles. The number of nitrogens with zero attached hydrogens (tertiary/aromatic N) is 3. The molecule has 1 aromatic rings. The molecule has 0 unspecified atom stereocenters. The quantitative estimate of drug-likeness (QED) is 0.818. The number of fused-ring (bicyclic) bond motifs is 1. The maximum absolute atomic E-state index is 12.8. The Morgan fingerprint density at radius 3 is 2.66 bits per heavy atom. The van der Waals surface area contributed by atoms with Gasteiger partial charge in [-0.3, -0.25) is 9.59 Å². The van der Waals surface area contributed by atoms with Crippen molar-refractivity contribution in [1.82, 2.24) is 20.5 Å². The van der Waals surface area contributed by atoms with Crippen LogP contribution < -0.4 is 15.5 Å². The van der Waals surface area contributed by atoms with Gasteiger partial charge in [-0.25, -0.2) is 4.98 Å². The monoisotopic (exact) mass is 395 g/mol. The zero-order valence-electron chi connectivity index (χ0n) is 17.3. The molecule has 4 rings (SSSR count). The average Bonchev–Trinajstić information content (AvgIpc) is 2.77. The van der Waals surface area contributed by atoms with Crippen LogP contribution in [0.5, 0.6) is 0 Å². The number of nitrogens with one attached hydrogen (secondary N) is 2. The highest BCUT2D eigenvalue weighted by atomic mass is 16.2. The molecular weight excluding hydrogens is 366 g/mol. The van der Waals surface area contributed by atoms with Crippen molar-refractivity contribution in [3.63, 3.8) is 0 Å². The van der Waals surface area contributed by atoms with Crippen LogP contribution in [0.25, 0.3) is 0 Å². The molecule has 1 saturated heterocycles. The van der Waals surface area contributed by atoms with Crippen LogP contribution in [0, 0.1) is 0 Å². The summed E-state index contributed by atoms with van der Waals surface area (Å²) in [4.78, 5) is 33.7. The summed E-state index contributed by atoms with van der Waals surface area (Å²) < 4.78 is 0. The number of likely N-dealkylation sites (tertiary alicyclic amines) is 1. The molecule has 1 fully saturated rings. The van der Waals surface area contributed by atoms with Gasteiger partial charge in [-0.2, -0.15) is 0 Å². The zero-order chi connectivity index (χ0) is 20.4. The van der Waals surface area contributed by atoms with Gasteiger partial charge in [-0.15, -0.1) is 0 Å². The number of allylic oxidation sites excluding steroid dienone is 2. The highest BCUT2D eigenvalue weighted by Gasteiger charge is 2.26. The number of dihydropyridines is 1. The number of rotatable bonds is 3. The number of hydrogen-bond acceptors (Lipinski definition) is 5. The van der Waals surface area contributed by atoms with Crippen LogP contribution in [0.2, 0.25) is 0 Å². The standard InChI is InChI=1S/C22H29N5O2/c1-15-11-18(14-24-19(15)21(28)23-2)27-10-6-7-16-12-17(13-25-20(16)27)22(29)26-8-4-3-5-9-26/h11-13,24H,3-10,14H2,1-2H3,(H,23,28). The first-order valence-corrected chi connectivity index (χ1v) is 10.5. The molecule has 7 nitrogen and oxygen atoms in total. The first-order valence-electron chi connectivity index (χ1n) is 10.5. The van der Waals surface area contributed by atoms with Gasteiger partial charge in [0.05, 0.1) is 12.1 Å². The van der Waals surface area contributed by atoms with E-state index in [1.54, 1.807) is 13.2 Å². The average molecular weight is 396 g/mol. The molecule has 0 saturated carbocycles. The summed E-state index contributed by atoms with van der Waals surface area (Å²) in [5.41, 5.74) is 4.44. The van der Waals surface area contributed by atoms with Crippen molar-refractivity contribution in [2.24, 2.45) is 0 Å². The Morgan fingerprint density at radius 2 is 1.93 bits per heavy atom. The molecule has 0 spiro atoms. The first kappa shape index (κ1) is 19.5. The lowest BCUT2D eigenvalue weighted by atomic mass is 10.0. The molecule has 0 bridgehead atoms. The van der Waals surface area contributed by atoms with E-state index in [1.807, 2.05) is 17.9 Å². The van der Waals surface area contributed by atoms with Gasteiger partial charge in [0.15, 0.2) is 0 Å². The molecule has 2 amide bonds. The molecule has 3 aliphatic heterocycles. The maximum Gasteiger partial charge on any atom is 0.267 e. The number of aromatic nitrogens is 1. The Morgan fingerprint density at radius 1 is 1.14 bits per heavy atom. The fraction of sp³-hybridized carbons (Fsp3) is 0.500. The van der Waals surface area contributed by atoms with E-state index in [0.29, 0.717) is 17.8 Å². The second-order valence-corrected chi connectivity index (χ2v) is 7.94. The molecule has 154 valence electrons. The second kappa shape index (κ2) is 8.27. The molecule has 2 N–H and O–H groups in total. The van der Waals surface area contributed by atoms with Crippen molar-refractivity contribution in [1.29, 1.82) is 0 Å². The number of carbonyl (C=O) groups is 2. The summed E-state index contributed by atoms with van der Waals surface area (Å²) in [5.74, 6) is 0.927. The van der Waals surface area contributed by atoms with E-state index in [0.717, 1.165) is 68.0 Å². The Labute approximate surface area is 171 Å². The SMILES string of the molecule is CNC(=O)C1=C(C)C=C(N2CCCc3cc(C(=O)N4CCCCC4)cnc32)CN1. The van der Waals surface area contributed by atoms with E-state index < -0.39 is 0 Å². The summed E-state index contributed by atoms with van der Waals surface area (Å²) >= 11 is 0. The van der Waals surface area contributed by atoms with Crippen LogP contribution in [0.4, 0.5) is 5.82 Å². The molecule has 7 heteroatoms. The van der Waals surface area contributed by atoms with Gasteiger partial charge in [0.25, 0.3) is 11.8 Å². The first-order chi connectivity index (χ1) is 14.1. The lowest BCUT2D eigenvalue weighted by Gasteiger charge is -2.34. The molecule has 0 radical (unpaired) electrons. The number of likely N-dealkylation sites (N-methyl/N-ethyl adjacent to an activating group) is 1. The summed E-state index contributed by atoms with van der Waals surface area (Å²) in [7, 11) is 1.64. The third-order valence-corrected chi connectivity index (χ3v) is 5.94. The summed E-state index contributed by atoms with van der Waals surface area (Å²) in [5, 5.41) is 5.91. The van der Waals surface area contributed by atoms with Gasteiger partial charge < -0.3 is 20.4 Å². The van der Waals surface area contributed by atoms with Gasteiger partial charge >= 0.3 is 0 Å². The van der Waals surface area contributed by atoms with E-state index in [1.165, 1.54) is 6.42 Å². The summed E-state index contributed by atoms with van der Waals surface area (Å²) in [6.45, 7) is 5.10. The van der Waals surface area contributed by atoms with Crippen molar-refractivity contribution < 1.29 is 9.59 Å². The van der Waals surface area contributed by atoms with Crippen molar-refractivity contribution in [3.8, 4) is 0 Å². The van der Waals surface area contributed by atoms with E-state index in [2.05, 4.69) is 21.6 Å². The van der Waals surface area contributed by atoms with E-state index in [-0.39, 0.29) is 11.8 Å². The van der Waals surface area contributed by atoms with Crippen molar-refractivity contribution in [3.05, 3.63) is 46.4 Å². The largest absolute Gasteiger partial charge is 0.375 e. The smallest absolute Gasteiger partial charge is 0.267 e. The van der Waals surface area contributed by atoms with Crippen molar-refractivity contribution in [2.75, 3.05) is 38.1 Å². The van der Waals surface area contributed by atoms with Crippen LogP contribution >= 0.6 is 0 Å². The fourth-order valence-electron chi connectivity index (χ4n) is 4.39. The lowest BCUT2D eigenvalue weighted by molar-refractivity contribution is -0.117. The molecule has 4 heterocycles. The molecule has 29 heavy (non-hydrogen) atoms. The normalized spacial score (nSPS) is 19.3. The Kier molecular flexibility index (Phi) is 5.56. The van der Waals surface area contributed by atoms with E-state index in [4.69, 9.17) is 4.98 Å². The number of amides is 2. The highest BCUT2D eigenvalue weighted by Crippen LogP contribution is 2.30.